The average molecular weight is 425 g/mol. The molecule has 1 fully saturated rings. The van der Waals surface area contributed by atoms with Crippen molar-refractivity contribution >= 4 is 29.1 Å². The van der Waals surface area contributed by atoms with Gasteiger partial charge in [-0.1, -0.05) is 17.7 Å². The second-order valence-corrected chi connectivity index (χ2v) is 9.24. The first-order valence-corrected chi connectivity index (χ1v) is 10.9. The van der Waals surface area contributed by atoms with Crippen molar-refractivity contribution in [2.24, 2.45) is 0 Å². The van der Waals surface area contributed by atoms with E-state index in [-0.39, 0.29) is 10.6 Å². The fourth-order valence-electron chi connectivity index (χ4n) is 4.88. The summed E-state index contributed by atoms with van der Waals surface area (Å²) < 4.78 is 41.1. The second kappa shape index (κ2) is 6.85. The van der Waals surface area contributed by atoms with Gasteiger partial charge in [-0.05, 0) is 66.1 Å². The predicted octanol–water partition coefficient (Wildman–Crippen LogP) is 5.79. The van der Waals surface area contributed by atoms with Gasteiger partial charge in [-0.3, -0.25) is 0 Å². The minimum absolute atomic E-state index is 0.104. The van der Waals surface area contributed by atoms with Crippen LogP contribution in [0.25, 0.3) is 11.1 Å². The smallest absolute Gasteiger partial charge is 0.367 e. The van der Waals surface area contributed by atoms with Crippen LogP contribution in [0.3, 0.4) is 0 Å². The zero-order valence-corrected chi connectivity index (χ0v) is 16.7. The van der Waals surface area contributed by atoms with Gasteiger partial charge in [-0.2, -0.15) is 13.2 Å². The molecule has 0 amide bonds. The Morgan fingerprint density at radius 1 is 1.18 bits per heavy atom. The minimum Gasteiger partial charge on any atom is -0.367 e. The quantitative estimate of drug-likeness (QED) is 0.624. The van der Waals surface area contributed by atoms with E-state index in [1.165, 1.54) is 17.3 Å². The van der Waals surface area contributed by atoms with Crippen molar-refractivity contribution in [2.75, 3.05) is 30.3 Å². The fourth-order valence-corrected chi connectivity index (χ4v) is 6.13. The summed E-state index contributed by atoms with van der Waals surface area (Å²) in [5.74, 6) is 1.33. The number of fused-ring (bicyclic) bond motifs is 3. The first kappa shape index (κ1) is 18.6. The summed E-state index contributed by atoms with van der Waals surface area (Å²) in [5, 5.41) is 3.57. The Labute approximate surface area is 171 Å². The van der Waals surface area contributed by atoms with E-state index in [0.717, 1.165) is 49.2 Å². The molecule has 0 saturated carbocycles. The van der Waals surface area contributed by atoms with Crippen LogP contribution in [0.2, 0.25) is 5.02 Å². The van der Waals surface area contributed by atoms with E-state index in [2.05, 4.69) is 10.2 Å². The number of piperidine rings is 1. The standard InChI is InChI=1S/C21H20ClF3N2S/c22-13-2-3-14(17(10-13)21(23,24)25)12-8-15-16-11-26-5-4-18(16)27-6-1-7-28-19(9-12)20(15)27/h2-3,8-10,16,18,26H,1,4-7,11H2/t16-,18-/m0/s1. The maximum absolute atomic E-state index is 13.7. The summed E-state index contributed by atoms with van der Waals surface area (Å²) in [7, 11) is 0. The van der Waals surface area contributed by atoms with Gasteiger partial charge in [-0.15, -0.1) is 11.8 Å². The molecule has 0 bridgehead atoms. The van der Waals surface area contributed by atoms with Crippen molar-refractivity contribution in [1.82, 2.24) is 5.32 Å². The lowest BCUT2D eigenvalue weighted by molar-refractivity contribution is -0.137. The van der Waals surface area contributed by atoms with Gasteiger partial charge in [0.1, 0.15) is 0 Å². The molecule has 3 heterocycles. The van der Waals surface area contributed by atoms with E-state index in [1.54, 1.807) is 17.8 Å². The van der Waals surface area contributed by atoms with Crippen molar-refractivity contribution < 1.29 is 13.2 Å². The zero-order valence-electron chi connectivity index (χ0n) is 15.2. The number of halogens is 4. The van der Waals surface area contributed by atoms with Crippen molar-refractivity contribution in [3.05, 3.63) is 46.5 Å². The Bertz CT molecular complexity index is 931. The molecule has 1 saturated heterocycles. The van der Waals surface area contributed by atoms with Gasteiger partial charge in [0.05, 0.1) is 11.3 Å². The first-order chi connectivity index (χ1) is 13.4. The molecule has 0 unspecified atom stereocenters. The lowest BCUT2D eigenvalue weighted by Crippen LogP contribution is -2.44. The van der Waals surface area contributed by atoms with Crippen LogP contribution in [0.5, 0.6) is 0 Å². The molecule has 0 spiro atoms. The third kappa shape index (κ3) is 3.01. The molecule has 0 radical (unpaired) electrons. The Morgan fingerprint density at radius 2 is 2.04 bits per heavy atom. The topological polar surface area (TPSA) is 15.3 Å². The van der Waals surface area contributed by atoms with E-state index >= 15 is 0 Å². The number of anilines is 1. The molecule has 148 valence electrons. The summed E-state index contributed by atoms with van der Waals surface area (Å²) in [6.45, 7) is 2.91. The van der Waals surface area contributed by atoms with Crippen LogP contribution in [0, 0.1) is 0 Å². The highest BCUT2D eigenvalue weighted by Gasteiger charge is 2.42. The highest BCUT2D eigenvalue weighted by molar-refractivity contribution is 7.99. The summed E-state index contributed by atoms with van der Waals surface area (Å²) in [5.41, 5.74) is 2.63. The number of nitrogens with zero attached hydrogens (tertiary/aromatic N) is 1. The summed E-state index contributed by atoms with van der Waals surface area (Å²) in [6, 6.07) is 8.48. The largest absolute Gasteiger partial charge is 0.417 e. The van der Waals surface area contributed by atoms with Crippen LogP contribution >= 0.6 is 23.4 Å². The third-order valence-corrected chi connectivity index (χ3v) is 7.39. The average Bonchev–Trinajstić information content (AvgIpc) is 2.82. The van der Waals surface area contributed by atoms with E-state index < -0.39 is 11.7 Å². The molecule has 2 aromatic rings. The van der Waals surface area contributed by atoms with E-state index in [4.69, 9.17) is 11.6 Å². The molecule has 1 N–H and O–H groups in total. The Kier molecular flexibility index (Phi) is 4.56. The first-order valence-electron chi connectivity index (χ1n) is 9.59. The molecule has 2 aromatic carbocycles. The number of benzene rings is 2. The number of hydrogen-bond acceptors (Lipinski definition) is 3. The number of thioether (sulfide) groups is 1. The monoisotopic (exact) mass is 424 g/mol. The molecule has 2 atom stereocenters. The number of alkyl halides is 3. The predicted molar refractivity (Wildman–Crippen MR) is 109 cm³/mol. The fraction of sp³-hybridized carbons (Fsp3) is 0.429. The van der Waals surface area contributed by atoms with Gasteiger partial charge in [0.15, 0.2) is 0 Å². The van der Waals surface area contributed by atoms with Gasteiger partial charge in [0, 0.05) is 35.0 Å². The molecule has 5 rings (SSSR count). The van der Waals surface area contributed by atoms with Crippen LogP contribution < -0.4 is 10.2 Å². The molecule has 2 nitrogen and oxygen atoms in total. The molecule has 3 aliphatic heterocycles. The molecule has 7 heteroatoms. The van der Waals surface area contributed by atoms with Crippen molar-refractivity contribution in [3.8, 4) is 11.1 Å². The SMILES string of the molecule is FC(F)(F)c1cc(Cl)ccc1-c1cc2c3c(c1)[C@@H]1CNCC[C@@H]1N3CCCS2. The van der Waals surface area contributed by atoms with Crippen LogP contribution in [0.1, 0.15) is 29.9 Å². The van der Waals surface area contributed by atoms with Gasteiger partial charge < -0.3 is 10.2 Å². The summed E-state index contributed by atoms with van der Waals surface area (Å²) in [6.07, 6.45) is -2.27. The van der Waals surface area contributed by atoms with Gasteiger partial charge in [0.25, 0.3) is 0 Å². The molecular formula is C21H20ClF3N2S. The van der Waals surface area contributed by atoms with E-state index in [0.29, 0.717) is 17.5 Å². The zero-order chi connectivity index (χ0) is 19.5. The second-order valence-electron chi connectivity index (χ2n) is 7.66. The summed E-state index contributed by atoms with van der Waals surface area (Å²) >= 11 is 7.65. The molecular weight excluding hydrogens is 405 g/mol. The Balaban J connectivity index is 1.70. The Hall–Kier alpha value is -1.37. The van der Waals surface area contributed by atoms with Crippen LogP contribution in [0.15, 0.2) is 35.2 Å². The number of hydrogen-bond donors (Lipinski definition) is 1. The Morgan fingerprint density at radius 3 is 2.86 bits per heavy atom. The normalized spacial score (nSPS) is 23.9. The molecule has 3 aliphatic rings. The van der Waals surface area contributed by atoms with Gasteiger partial charge in [-0.25, -0.2) is 0 Å². The highest BCUT2D eigenvalue weighted by atomic mass is 35.5. The van der Waals surface area contributed by atoms with Crippen LogP contribution in [-0.2, 0) is 6.18 Å². The molecule has 0 aromatic heterocycles. The third-order valence-electron chi connectivity index (χ3n) is 6.04. The number of nitrogens with one attached hydrogen (secondary N) is 1. The maximum atomic E-state index is 13.7. The van der Waals surface area contributed by atoms with E-state index in [9.17, 15) is 13.2 Å². The lowest BCUT2D eigenvalue weighted by atomic mass is 9.88. The minimum atomic E-state index is -4.44. The molecule has 28 heavy (non-hydrogen) atoms. The van der Waals surface area contributed by atoms with Crippen LogP contribution in [-0.4, -0.2) is 31.4 Å². The van der Waals surface area contributed by atoms with Crippen molar-refractivity contribution in [1.29, 1.82) is 0 Å². The van der Waals surface area contributed by atoms with Gasteiger partial charge >= 0.3 is 6.18 Å². The molecule has 0 aliphatic carbocycles. The van der Waals surface area contributed by atoms with Crippen LogP contribution in [0.4, 0.5) is 18.9 Å². The number of rotatable bonds is 1. The maximum Gasteiger partial charge on any atom is 0.417 e. The summed E-state index contributed by atoms with van der Waals surface area (Å²) in [4.78, 5) is 3.63. The van der Waals surface area contributed by atoms with Crippen molar-refractivity contribution in [3.63, 3.8) is 0 Å². The van der Waals surface area contributed by atoms with Crippen molar-refractivity contribution in [2.45, 2.75) is 35.9 Å². The lowest BCUT2D eigenvalue weighted by Gasteiger charge is -2.33. The van der Waals surface area contributed by atoms with E-state index in [1.807, 2.05) is 12.1 Å². The highest BCUT2D eigenvalue weighted by Crippen LogP contribution is 2.52. The van der Waals surface area contributed by atoms with Gasteiger partial charge in [0.2, 0.25) is 0 Å².